The Kier molecular flexibility index (Phi) is 6.33. The maximum Gasteiger partial charge on any atom is 0.336 e. The molecule has 0 unspecified atom stereocenters. The Morgan fingerprint density at radius 1 is 1.03 bits per heavy atom. The lowest BCUT2D eigenvalue weighted by Crippen LogP contribution is -2.38. The number of amides is 1. The Labute approximate surface area is 197 Å². The summed E-state index contributed by atoms with van der Waals surface area (Å²) in [4.78, 5) is 50.4. The van der Waals surface area contributed by atoms with Crippen molar-refractivity contribution in [2.45, 2.75) is 20.0 Å². The van der Waals surface area contributed by atoms with Crippen molar-refractivity contribution in [2.75, 3.05) is 7.11 Å². The fourth-order valence-electron chi connectivity index (χ4n) is 3.46. The number of hydrogen-bond donors (Lipinski definition) is 2. The van der Waals surface area contributed by atoms with Gasteiger partial charge in [-0.1, -0.05) is 24.3 Å². The molecule has 0 spiro atoms. The molecule has 2 aromatic heterocycles. The van der Waals surface area contributed by atoms with Gasteiger partial charge in [-0.15, -0.1) is 11.3 Å². The highest BCUT2D eigenvalue weighted by Crippen LogP contribution is 2.19. The number of carbonyl (C=O) groups is 2. The van der Waals surface area contributed by atoms with Gasteiger partial charge in [0.1, 0.15) is 15.5 Å². The molecule has 0 aliphatic heterocycles. The third-order valence-electron chi connectivity index (χ3n) is 5.37. The Bertz CT molecular complexity index is 1500. The van der Waals surface area contributed by atoms with E-state index in [0.29, 0.717) is 33.1 Å². The molecule has 2 N–H and O–H groups in total. The third-order valence-corrected chi connectivity index (χ3v) is 6.58. The van der Waals surface area contributed by atoms with E-state index in [1.165, 1.54) is 22.7 Å². The van der Waals surface area contributed by atoms with Crippen LogP contribution in [0.25, 0.3) is 4.83 Å². The summed E-state index contributed by atoms with van der Waals surface area (Å²) in [6.07, 6.45) is 1.43. The summed E-state index contributed by atoms with van der Waals surface area (Å²) in [6.45, 7) is 1.89. The summed E-state index contributed by atoms with van der Waals surface area (Å²) >= 11 is 1.07. The second-order valence-corrected chi connectivity index (χ2v) is 8.63. The molecule has 0 atom stereocenters. The van der Waals surface area contributed by atoms with E-state index in [9.17, 15) is 19.2 Å². The number of aryl methyl sites for hydroxylation is 1. The summed E-state index contributed by atoms with van der Waals surface area (Å²) < 4.78 is 7.50. The highest BCUT2D eigenvalue weighted by Gasteiger charge is 2.18. The number of thiazole rings is 1. The van der Waals surface area contributed by atoms with Gasteiger partial charge in [0.15, 0.2) is 0 Å². The maximum atomic E-state index is 13.1. The number of aromatic nitrogens is 2. The molecule has 1 amide bonds. The summed E-state index contributed by atoms with van der Waals surface area (Å²) in [5, 5.41) is 11.9. The highest BCUT2D eigenvalue weighted by molar-refractivity contribution is 7.19. The fraction of sp³-hybridized carbons (Fsp3) is 0.167. The molecule has 0 aliphatic carbocycles. The van der Waals surface area contributed by atoms with Gasteiger partial charge in [-0.2, -0.15) is 0 Å². The molecule has 0 aliphatic rings. The Balaban J connectivity index is 1.60. The van der Waals surface area contributed by atoms with Gasteiger partial charge in [-0.3, -0.25) is 18.6 Å². The highest BCUT2D eigenvalue weighted by atomic mass is 32.1. The van der Waals surface area contributed by atoms with Gasteiger partial charge in [0, 0.05) is 18.3 Å². The fourth-order valence-corrected chi connectivity index (χ4v) is 4.46. The third kappa shape index (κ3) is 4.48. The number of rotatable bonds is 7. The molecular weight excluding hydrogens is 458 g/mol. The van der Waals surface area contributed by atoms with Gasteiger partial charge in [-0.25, -0.2) is 9.59 Å². The van der Waals surface area contributed by atoms with E-state index < -0.39 is 17.2 Å². The Hall–Kier alpha value is -4.18. The van der Waals surface area contributed by atoms with Crippen LogP contribution in [0.4, 0.5) is 0 Å². The van der Waals surface area contributed by atoms with Crippen LogP contribution in [0.2, 0.25) is 0 Å². The van der Waals surface area contributed by atoms with Crippen molar-refractivity contribution in [1.82, 2.24) is 14.3 Å². The number of carbonyl (C=O) groups excluding carboxylic acids is 1. The van der Waals surface area contributed by atoms with Gasteiger partial charge in [0.05, 0.1) is 19.2 Å². The van der Waals surface area contributed by atoms with E-state index in [1.54, 1.807) is 38.3 Å². The lowest BCUT2D eigenvalue weighted by molar-refractivity contribution is 0.0696. The second kappa shape index (κ2) is 9.36. The van der Waals surface area contributed by atoms with Crippen LogP contribution >= 0.6 is 11.3 Å². The first-order valence-corrected chi connectivity index (χ1v) is 11.1. The van der Waals surface area contributed by atoms with E-state index in [1.807, 2.05) is 12.1 Å². The molecule has 0 radical (unpaired) electrons. The molecule has 0 fully saturated rings. The zero-order valence-corrected chi connectivity index (χ0v) is 19.2. The molecule has 10 heteroatoms. The normalized spacial score (nSPS) is 10.9. The first kappa shape index (κ1) is 23.0. The summed E-state index contributed by atoms with van der Waals surface area (Å²) in [5.74, 6) is -0.697. The zero-order chi connectivity index (χ0) is 24.4. The maximum absolute atomic E-state index is 13.1. The minimum atomic E-state index is -1.06. The topological polar surface area (TPSA) is 119 Å². The van der Waals surface area contributed by atoms with Crippen molar-refractivity contribution in [1.29, 1.82) is 0 Å². The van der Waals surface area contributed by atoms with Crippen molar-refractivity contribution >= 4 is 28.0 Å². The number of nitrogens with one attached hydrogen (secondary N) is 1. The number of fused-ring (bicyclic) bond motifs is 1. The number of carboxylic acids is 1. The van der Waals surface area contributed by atoms with Crippen molar-refractivity contribution in [3.63, 3.8) is 0 Å². The van der Waals surface area contributed by atoms with Crippen molar-refractivity contribution < 1.29 is 19.4 Å². The molecule has 34 heavy (non-hydrogen) atoms. The summed E-state index contributed by atoms with van der Waals surface area (Å²) in [7, 11) is 1.58. The lowest BCUT2D eigenvalue weighted by atomic mass is 10.1. The van der Waals surface area contributed by atoms with Gasteiger partial charge < -0.3 is 15.2 Å². The minimum Gasteiger partial charge on any atom is -0.497 e. The van der Waals surface area contributed by atoms with Crippen LogP contribution in [-0.2, 0) is 13.1 Å². The molecule has 9 nitrogen and oxygen atoms in total. The smallest absolute Gasteiger partial charge is 0.336 e. The van der Waals surface area contributed by atoms with Crippen molar-refractivity contribution in [3.8, 4) is 5.75 Å². The van der Waals surface area contributed by atoms with Gasteiger partial charge in [0.2, 0.25) is 0 Å². The van der Waals surface area contributed by atoms with Gasteiger partial charge >= 0.3 is 11.7 Å². The molecule has 0 saturated carbocycles. The lowest BCUT2D eigenvalue weighted by Gasteiger charge is -2.08. The van der Waals surface area contributed by atoms with E-state index in [-0.39, 0.29) is 18.0 Å². The molecule has 174 valence electrons. The van der Waals surface area contributed by atoms with Gasteiger partial charge in [0.25, 0.3) is 11.5 Å². The number of methoxy groups -OCH3 is 1. The van der Waals surface area contributed by atoms with Gasteiger partial charge in [-0.05, 0) is 42.3 Å². The summed E-state index contributed by atoms with van der Waals surface area (Å²) in [6, 6.07) is 13.2. The van der Waals surface area contributed by atoms with E-state index in [2.05, 4.69) is 5.32 Å². The Morgan fingerprint density at radius 3 is 2.29 bits per heavy atom. The Morgan fingerprint density at radius 2 is 1.68 bits per heavy atom. The summed E-state index contributed by atoms with van der Waals surface area (Å²) in [5.41, 5.74) is 0.926. The van der Waals surface area contributed by atoms with Crippen molar-refractivity contribution in [2.24, 2.45) is 0 Å². The number of nitrogens with zero attached hydrogens (tertiary/aromatic N) is 2. The number of benzene rings is 2. The van der Waals surface area contributed by atoms with Crippen LogP contribution in [-0.4, -0.2) is 33.1 Å². The molecule has 4 rings (SSSR count). The number of ether oxygens (including phenoxy) is 1. The predicted octanol–water partition coefficient (Wildman–Crippen LogP) is 2.52. The minimum absolute atomic E-state index is 0.0177. The van der Waals surface area contributed by atoms with Crippen molar-refractivity contribution in [3.05, 3.63) is 103 Å². The molecule has 0 bridgehead atoms. The predicted molar refractivity (Wildman–Crippen MR) is 127 cm³/mol. The molecule has 4 aromatic rings. The first-order chi connectivity index (χ1) is 16.3. The SMILES string of the molecule is COc1ccc(CNC(=O)c2cn3c(=O)n(Cc4ccc(C(=O)O)cc4)c(=O)c(C)c3s2)cc1. The largest absolute Gasteiger partial charge is 0.497 e. The van der Waals surface area contributed by atoms with Crippen LogP contribution in [0.1, 0.15) is 36.7 Å². The molecule has 0 saturated heterocycles. The van der Waals surface area contributed by atoms with E-state index >= 15 is 0 Å². The monoisotopic (exact) mass is 479 g/mol. The van der Waals surface area contributed by atoms with E-state index in [0.717, 1.165) is 21.5 Å². The van der Waals surface area contributed by atoms with E-state index in [4.69, 9.17) is 9.84 Å². The van der Waals surface area contributed by atoms with Crippen LogP contribution in [0, 0.1) is 6.92 Å². The average Bonchev–Trinajstić information content (AvgIpc) is 3.30. The number of carboxylic acid groups (broad SMARTS) is 1. The molecule has 2 aromatic carbocycles. The molecule has 2 heterocycles. The number of hydrogen-bond acceptors (Lipinski definition) is 6. The molecular formula is C24H21N3O6S. The first-order valence-electron chi connectivity index (χ1n) is 10.3. The number of aromatic carboxylic acids is 1. The second-order valence-electron chi connectivity index (χ2n) is 7.60. The average molecular weight is 480 g/mol. The standard InChI is InChI=1S/C24H21N3O6S/c1-14-21(29)26(12-16-3-7-17(8-4-16)23(30)31)24(32)27-13-19(34-22(14)27)20(28)25-11-15-5-9-18(33-2)10-6-15/h3-10,13H,11-12H2,1-2H3,(H,25,28)(H,30,31). The zero-order valence-electron chi connectivity index (χ0n) is 18.4. The van der Waals surface area contributed by atoms with Crippen LogP contribution in [0.5, 0.6) is 5.75 Å². The quantitative estimate of drug-likeness (QED) is 0.420. The van der Waals surface area contributed by atoms with Crippen LogP contribution in [0.15, 0.2) is 64.3 Å². The van der Waals surface area contributed by atoms with Crippen LogP contribution < -0.4 is 21.3 Å². The van der Waals surface area contributed by atoms with Crippen LogP contribution in [0.3, 0.4) is 0 Å².